The smallest absolute Gasteiger partial charge is 0.226 e. The van der Waals surface area contributed by atoms with E-state index >= 15 is 0 Å². The quantitative estimate of drug-likeness (QED) is 0.841. The van der Waals surface area contributed by atoms with Crippen LogP contribution < -0.4 is 10.5 Å². The minimum atomic E-state index is 0.0717. The van der Waals surface area contributed by atoms with Crippen molar-refractivity contribution in [3.05, 3.63) is 29.8 Å². The van der Waals surface area contributed by atoms with Crippen LogP contribution in [0, 0.1) is 6.92 Å². The van der Waals surface area contributed by atoms with Gasteiger partial charge in [0.15, 0.2) is 0 Å². The summed E-state index contributed by atoms with van der Waals surface area (Å²) in [5, 5.41) is 0. The first kappa shape index (κ1) is 17.3. The summed E-state index contributed by atoms with van der Waals surface area (Å²) in [6, 6.07) is 7.76. The summed E-state index contributed by atoms with van der Waals surface area (Å²) in [6.45, 7) is 5.06. The van der Waals surface area contributed by atoms with Crippen LogP contribution in [0.25, 0.3) is 0 Å². The van der Waals surface area contributed by atoms with E-state index in [-0.39, 0.29) is 11.8 Å². The number of hydrogen-bond acceptors (Lipinski definition) is 4. The van der Waals surface area contributed by atoms with Crippen LogP contribution in [0.3, 0.4) is 0 Å². The summed E-state index contributed by atoms with van der Waals surface area (Å²) in [6.07, 6.45) is 0.725. The van der Waals surface area contributed by atoms with Crippen LogP contribution in [0.2, 0.25) is 0 Å². The number of hydrogen-bond donors (Lipinski definition) is 1. The Labute approximate surface area is 137 Å². The fourth-order valence-electron chi connectivity index (χ4n) is 2.61. The topological polar surface area (TPSA) is 75.9 Å². The van der Waals surface area contributed by atoms with Crippen molar-refractivity contribution in [1.29, 1.82) is 0 Å². The van der Waals surface area contributed by atoms with Crippen molar-refractivity contribution in [2.24, 2.45) is 5.73 Å². The van der Waals surface area contributed by atoms with Gasteiger partial charge in [0.2, 0.25) is 11.8 Å². The average molecular weight is 319 g/mol. The molecule has 1 aromatic carbocycles. The Kier molecular flexibility index (Phi) is 6.40. The van der Waals surface area contributed by atoms with Crippen molar-refractivity contribution < 1.29 is 14.3 Å². The van der Waals surface area contributed by atoms with E-state index in [2.05, 4.69) is 0 Å². The van der Waals surface area contributed by atoms with E-state index in [0.29, 0.717) is 52.2 Å². The van der Waals surface area contributed by atoms with E-state index in [1.165, 1.54) is 0 Å². The number of amides is 2. The molecule has 0 atom stereocenters. The number of para-hydroxylation sites is 1. The van der Waals surface area contributed by atoms with Crippen molar-refractivity contribution in [3.8, 4) is 5.75 Å². The average Bonchev–Trinajstić information content (AvgIpc) is 2.57. The highest BCUT2D eigenvalue weighted by atomic mass is 16.5. The summed E-state index contributed by atoms with van der Waals surface area (Å²) >= 11 is 0. The van der Waals surface area contributed by atoms with Crippen molar-refractivity contribution in [3.63, 3.8) is 0 Å². The van der Waals surface area contributed by atoms with Crippen LogP contribution in [0.5, 0.6) is 5.75 Å². The largest absolute Gasteiger partial charge is 0.493 e. The highest BCUT2D eigenvalue weighted by Gasteiger charge is 2.23. The number of carbonyl (C=O) groups excluding carboxylic acids is 2. The molecule has 1 saturated heterocycles. The van der Waals surface area contributed by atoms with Crippen LogP contribution in [0.1, 0.15) is 18.4 Å². The third kappa shape index (κ3) is 4.96. The van der Waals surface area contributed by atoms with Gasteiger partial charge in [-0.3, -0.25) is 9.59 Å². The number of benzene rings is 1. The number of nitrogens with zero attached hydrogens (tertiary/aromatic N) is 2. The Morgan fingerprint density at radius 1 is 1.04 bits per heavy atom. The molecule has 1 aromatic rings. The molecular weight excluding hydrogens is 294 g/mol. The Morgan fingerprint density at radius 2 is 1.61 bits per heavy atom. The van der Waals surface area contributed by atoms with E-state index in [1.807, 2.05) is 31.2 Å². The monoisotopic (exact) mass is 319 g/mol. The number of ether oxygens (including phenoxy) is 1. The Morgan fingerprint density at radius 3 is 2.17 bits per heavy atom. The van der Waals surface area contributed by atoms with Crippen molar-refractivity contribution in [1.82, 2.24) is 9.80 Å². The lowest BCUT2D eigenvalue weighted by atomic mass is 10.2. The first-order valence-corrected chi connectivity index (χ1v) is 8.06. The van der Waals surface area contributed by atoms with Crippen LogP contribution in [-0.4, -0.2) is 60.9 Å². The zero-order valence-electron chi connectivity index (χ0n) is 13.7. The van der Waals surface area contributed by atoms with Gasteiger partial charge >= 0.3 is 0 Å². The molecule has 2 N–H and O–H groups in total. The number of rotatable bonds is 6. The highest BCUT2D eigenvalue weighted by Crippen LogP contribution is 2.16. The van der Waals surface area contributed by atoms with Gasteiger partial charge in [-0.05, 0) is 18.6 Å². The van der Waals surface area contributed by atoms with E-state index in [0.717, 1.165) is 11.3 Å². The molecule has 23 heavy (non-hydrogen) atoms. The molecule has 1 aliphatic heterocycles. The first-order valence-electron chi connectivity index (χ1n) is 8.06. The minimum Gasteiger partial charge on any atom is -0.493 e. The summed E-state index contributed by atoms with van der Waals surface area (Å²) in [5.74, 6) is 0.962. The van der Waals surface area contributed by atoms with E-state index in [4.69, 9.17) is 10.5 Å². The number of piperazine rings is 1. The molecule has 0 aliphatic carbocycles. The first-order chi connectivity index (χ1) is 11.1. The molecule has 0 radical (unpaired) electrons. The second-order valence-corrected chi connectivity index (χ2v) is 5.66. The van der Waals surface area contributed by atoms with Crippen LogP contribution in [0.4, 0.5) is 0 Å². The molecular formula is C17H25N3O3. The minimum absolute atomic E-state index is 0.0717. The lowest BCUT2D eigenvalue weighted by Gasteiger charge is -2.34. The third-order valence-corrected chi connectivity index (χ3v) is 4.01. The molecule has 1 fully saturated rings. The van der Waals surface area contributed by atoms with Gasteiger partial charge in [-0.2, -0.15) is 0 Å². The van der Waals surface area contributed by atoms with Crippen LogP contribution >= 0.6 is 0 Å². The van der Waals surface area contributed by atoms with Crippen molar-refractivity contribution in [2.45, 2.75) is 19.8 Å². The molecule has 1 aliphatic rings. The van der Waals surface area contributed by atoms with Crippen LogP contribution in [0.15, 0.2) is 24.3 Å². The summed E-state index contributed by atoms with van der Waals surface area (Å²) in [7, 11) is 0. The third-order valence-electron chi connectivity index (χ3n) is 4.01. The zero-order valence-corrected chi connectivity index (χ0v) is 13.7. The number of nitrogens with two attached hydrogens (primary N) is 1. The van der Waals surface area contributed by atoms with Crippen LogP contribution in [-0.2, 0) is 9.59 Å². The highest BCUT2D eigenvalue weighted by molar-refractivity contribution is 5.78. The van der Waals surface area contributed by atoms with E-state index in [1.54, 1.807) is 9.80 Å². The second kappa shape index (κ2) is 8.53. The molecule has 2 rings (SSSR count). The summed E-state index contributed by atoms with van der Waals surface area (Å²) < 4.78 is 5.66. The maximum absolute atomic E-state index is 12.2. The molecule has 6 heteroatoms. The fraction of sp³-hybridized carbons (Fsp3) is 0.529. The molecule has 0 unspecified atom stereocenters. The van der Waals surface area contributed by atoms with Gasteiger partial charge in [0.1, 0.15) is 5.75 Å². The normalized spacial score (nSPS) is 14.7. The van der Waals surface area contributed by atoms with E-state index in [9.17, 15) is 9.59 Å². The van der Waals surface area contributed by atoms with Gasteiger partial charge in [0.25, 0.3) is 0 Å². The molecule has 0 bridgehead atoms. The van der Waals surface area contributed by atoms with E-state index < -0.39 is 0 Å². The molecule has 126 valence electrons. The molecule has 0 aromatic heterocycles. The maximum atomic E-state index is 12.2. The van der Waals surface area contributed by atoms with Gasteiger partial charge in [-0.1, -0.05) is 18.2 Å². The molecule has 1 heterocycles. The second-order valence-electron chi connectivity index (χ2n) is 5.66. The lowest BCUT2D eigenvalue weighted by molar-refractivity contribution is -0.139. The molecule has 2 amide bonds. The standard InChI is InChI=1S/C17H25N3O3/c1-14-4-2-3-5-15(14)23-13-7-17(22)20-11-9-19(10-12-20)16(21)6-8-18/h2-5H,6-13,18H2,1H3. The maximum Gasteiger partial charge on any atom is 0.226 e. The summed E-state index contributed by atoms with van der Waals surface area (Å²) in [5.41, 5.74) is 6.46. The Hall–Kier alpha value is -2.08. The predicted octanol–water partition coefficient (Wildman–Crippen LogP) is 0.784. The molecule has 6 nitrogen and oxygen atoms in total. The van der Waals surface area contributed by atoms with Gasteiger partial charge in [-0.15, -0.1) is 0 Å². The van der Waals surface area contributed by atoms with Gasteiger partial charge < -0.3 is 20.3 Å². The van der Waals surface area contributed by atoms with Gasteiger partial charge in [-0.25, -0.2) is 0 Å². The molecule has 0 saturated carbocycles. The fourth-order valence-corrected chi connectivity index (χ4v) is 2.61. The predicted molar refractivity (Wildman–Crippen MR) is 88.1 cm³/mol. The zero-order chi connectivity index (χ0) is 16.7. The van der Waals surface area contributed by atoms with Crippen molar-refractivity contribution >= 4 is 11.8 Å². The lowest BCUT2D eigenvalue weighted by Crippen LogP contribution is -2.51. The Bertz CT molecular complexity index is 540. The van der Waals surface area contributed by atoms with Gasteiger partial charge in [0, 0.05) is 39.1 Å². The SMILES string of the molecule is Cc1ccccc1OCCC(=O)N1CCN(C(=O)CCN)CC1. The number of aryl methyl sites for hydroxylation is 1. The molecule has 0 spiro atoms. The van der Waals surface area contributed by atoms with Gasteiger partial charge in [0.05, 0.1) is 13.0 Å². The number of carbonyl (C=O) groups is 2. The van der Waals surface area contributed by atoms with Crippen molar-refractivity contribution in [2.75, 3.05) is 39.3 Å². The Balaban J connectivity index is 1.71. The summed E-state index contributed by atoms with van der Waals surface area (Å²) in [4.78, 5) is 27.5.